The topological polar surface area (TPSA) is 214 Å². The highest BCUT2D eigenvalue weighted by Crippen LogP contribution is 2.70. The summed E-state index contributed by atoms with van der Waals surface area (Å²) < 4.78 is 35.3. The van der Waals surface area contributed by atoms with Gasteiger partial charge in [-0.15, -0.1) is 0 Å². The minimum Gasteiger partial charge on any atom is -0.458 e. The molecule has 7 N–H and O–H groups in total. The van der Waals surface area contributed by atoms with Gasteiger partial charge in [-0.25, -0.2) is 4.79 Å². The number of aliphatic hydroxyl groups excluding tert-OH is 5. The second-order valence-corrected chi connectivity index (χ2v) is 16.5. The molecule has 0 bridgehead atoms. The lowest BCUT2D eigenvalue weighted by Gasteiger charge is -2.66. The van der Waals surface area contributed by atoms with E-state index in [0.717, 1.165) is 24.8 Å². The van der Waals surface area contributed by atoms with Crippen LogP contribution in [0.25, 0.3) is 0 Å². The van der Waals surface area contributed by atoms with Crippen LogP contribution in [0, 0.1) is 28.6 Å². The molecule has 17 atom stereocenters. The van der Waals surface area contributed by atoms with Crippen LogP contribution in [0.1, 0.15) is 78.1 Å². The average Bonchev–Trinajstić information content (AvgIpc) is 3.64. The van der Waals surface area contributed by atoms with E-state index in [1.165, 1.54) is 7.11 Å². The summed E-state index contributed by atoms with van der Waals surface area (Å²) in [7, 11) is 1.52. The van der Waals surface area contributed by atoms with Crippen molar-refractivity contribution in [1.82, 2.24) is 0 Å². The highest BCUT2D eigenvalue weighted by atomic mass is 16.7. The highest BCUT2D eigenvalue weighted by molar-refractivity contribution is 5.85. The summed E-state index contributed by atoms with van der Waals surface area (Å²) in [6, 6.07) is 0. The molecule has 14 nitrogen and oxygen atoms in total. The van der Waals surface area contributed by atoms with Gasteiger partial charge < -0.3 is 64.2 Å². The summed E-state index contributed by atoms with van der Waals surface area (Å²) >= 11 is 0. The second kappa shape index (κ2) is 13.5. The van der Waals surface area contributed by atoms with Crippen LogP contribution in [-0.2, 0) is 33.2 Å². The Hall–Kier alpha value is -1.27. The standard InChI is InChI=1S/C36H56O14/c1-18-31(50-32-30(42)29(41)28(40)25(15-37)49-32)24(45-3)13-27(47-18)48-20-4-9-34(17-38)22-5-8-33(2)21(19-12-26(39)46-16-19)7-11-36(33,44)23(22)6-10-35(34,43)14-20/h12,18,20-25,27-32,37-38,40-44H,4-11,13-17H2,1-3H3/t18-,20+,21-,22+,23-,24+,25-,27+,28-,29+,30-,31-,32+,33-,34+,35+,36+/m1/s1. The largest absolute Gasteiger partial charge is 0.458 e. The third-order valence-corrected chi connectivity index (χ3v) is 14.5. The van der Waals surface area contributed by atoms with E-state index in [1.807, 2.05) is 0 Å². The second-order valence-electron chi connectivity index (χ2n) is 16.5. The van der Waals surface area contributed by atoms with E-state index in [0.29, 0.717) is 38.5 Å². The lowest BCUT2D eigenvalue weighted by Crippen LogP contribution is -2.69. The normalized spacial score (nSPS) is 53.6. The molecule has 7 aliphatic rings. The van der Waals surface area contributed by atoms with Crippen LogP contribution in [0.3, 0.4) is 0 Å². The van der Waals surface area contributed by atoms with Crippen molar-refractivity contribution in [1.29, 1.82) is 0 Å². The summed E-state index contributed by atoms with van der Waals surface area (Å²) in [4.78, 5) is 11.9. The SMILES string of the molecule is CO[C@H]1C[C@H](O[C@H]2CC[C@]3(CO)[C@H]4CC[C@]5(C)[C@@H](C6=CC(=O)OC6)CC[C@]5(O)[C@@H]4CC[C@]3(O)C2)O[C@H](C)[C@H]1O[C@@H]1O[C@H](CO)[C@@H](O)[C@H](O)[C@H]1O. The Morgan fingerprint density at radius 1 is 0.920 bits per heavy atom. The average molecular weight is 713 g/mol. The van der Waals surface area contributed by atoms with Crippen molar-refractivity contribution in [3.8, 4) is 0 Å². The van der Waals surface area contributed by atoms with Crippen molar-refractivity contribution in [3.63, 3.8) is 0 Å². The van der Waals surface area contributed by atoms with E-state index in [1.54, 1.807) is 13.0 Å². The molecule has 0 radical (unpaired) electrons. The minimum atomic E-state index is -1.58. The predicted molar refractivity (Wildman–Crippen MR) is 172 cm³/mol. The van der Waals surface area contributed by atoms with Crippen molar-refractivity contribution >= 4 is 5.97 Å². The van der Waals surface area contributed by atoms with E-state index in [2.05, 4.69) is 6.92 Å². The van der Waals surface area contributed by atoms with E-state index in [9.17, 15) is 40.5 Å². The zero-order chi connectivity index (χ0) is 35.8. The quantitative estimate of drug-likeness (QED) is 0.131. The first-order valence-corrected chi connectivity index (χ1v) is 18.5. The molecule has 0 unspecified atom stereocenters. The molecule has 284 valence electrons. The molecule has 0 aromatic heterocycles. The smallest absolute Gasteiger partial charge is 0.331 e. The molecule has 0 amide bonds. The van der Waals surface area contributed by atoms with Crippen LogP contribution >= 0.6 is 0 Å². The molecule has 7 rings (SSSR count). The van der Waals surface area contributed by atoms with Crippen LogP contribution in [0.15, 0.2) is 11.6 Å². The summed E-state index contributed by atoms with van der Waals surface area (Å²) in [5.41, 5.74) is -2.40. The summed E-state index contributed by atoms with van der Waals surface area (Å²) in [5, 5.41) is 76.5. The molecule has 0 aromatic carbocycles. The lowest BCUT2D eigenvalue weighted by molar-refractivity contribution is -0.347. The fraction of sp³-hybridized carbons (Fsp3) is 0.917. The molecule has 3 heterocycles. The fourth-order valence-corrected chi connectivity index (χ4v) is 11.7. The minimum absolute atomic E-state index is 0.0611. The van der Waals surface area contributed by atoms with Gasteiger partial charge in [-0.05, 0) is 81.6 Å². The highest BCUT2D eigenvalue weighted by Gasteiger charge is 2.71. The number of methoxy groups -OCH3 is 1. The number of hydrogen-bond acceptors (Lipinski definition) is 14. The summed E-state index contributed by atoms with van der Waals surface area (Å²) in [6.45, 7) is 3.45. The Bertz CT molecular complexity index is 1300. The van der Waals surface area contributed by atoms with E-state index in [-0.39, 0.29) is 49.5 Å². The van der Waals surface area contributed by atoms with Crippen molar-refractivity contribution in [2.75, 3.05) is 26.9 Å². The van der Waals surface area contributed by atoms with Crippen molar-refractivity contribution < 1.29 is 69.0 Å². The van der Waals surface area contributed by atoms with Crippen LogP contribution in [0.2, 0.25) is 0 Å². The van der Waals surface area contributed by atoms with Gasteiger partial charge in [0.1, 0.15) is 37.1 Å². The zero-order valence-corrected chi connectivity index (χ0v) is 29.3. The van der Waals surface area contributed by atoms with Gasteiger partial charge in [0.2, 0.25) is 0 Å². The lowest BCUT2D eigenvalue weighted by atomic mass is 9.41. The molecule has 3 aliphatic heterocycles. The van der Waals surface area contributed by atoms with Gasteiger partial charge in [0.15, 0.2) is 12.6 Å². The van der Waals surface area contributed by atoms with Gasteiger partial charge in [-0.2, -0.15) is 0 Å². The maximum absolute atomic E-state index is 12.5. The molecule has 0 spiro atoms. The monoisotopic (exact) mass is 712 g/mol. The Morgan fingerprint density at radius 3 is 2.36 bits per heavy atom. The Morgan fingerprint density at radius 2 is 1.68 bits per heavy atom. The van der Waals surface area contributed by atoms with E-state index < -0.39 is 83.9 Å². The molecular formula is C36H56O14. The van der Waals surface area contributed by atoms with Crippen LogP contribution in [0.4, 0.5) is 0 Å². The van der Waals surface area contributed by atoms with Crippen LogP contribution in [-0.4, -0.2) is 141 Å². The van der Waals surface area contributed by atoms with Crippen molar-refractivity contribution in [2.45, 2.75) is 151 Å². The molecule has 0 aromatic rings. The van der Waals surface area contributed by atoms with Gasteiger partial charge in [0.05, 0.1) is 42.7 Å². The molecule has 2 saturated heterocycles. The number of esters is 1. The number of ether oxygens (including phenoxy) is 6. The number of hydrogen-bond donors (Lipinski definition) is 7. The van der Waals surface area contributed by atoms with E-state index in [4.69, 9.17) is 28.4 Å². The molecule has 4 aliphatic carbocycles. The first-order valence-electron chi connectivity index (χ1n) is 18.5. The van der Waals surface area contributed by atoms with E-state index >= 15 is 0 Å². The Labute approximate surface area is 292 Å². The summed E-state index contributed by atoms with van der Waals surface area (Å²) in [5.74, 6) is -0.407. The first kappa shape index (κ1) is 37.1. The van der Waals surface area contributed by atoms with Gasteiger partial charge in [0.25, 0.3) is 0 Å². The van der Waals surface area contributed by atoms with Crippen LogP contribution < -0.4 is 0 Å². The fourth-order valence-electron chi connectivity index (χ4n) is 11.7. The molecule has 6 fully saturated rings. The predicted octanol–water partition coefficient (Wildman–Crippen LogP) is 0.0509. The first-order chi connectivity index (χ1) is 23.7. The maximum atomic E-state index is 12.5. The summed E-state index contributed by atoms with van der Waals surface area (Å²) in [6.07, 6.45) is -2.73. The number of fused-ring (bicyclic) bond motifs is 5. The number of aliphatic hydroxyl groups is 7. The molecule has 4 saturated carbocycles. The zero-order valence-electron chi connectivity index (χ0n) is 29.3. The molecule has 14 heteroatoms. The number of carbonyl (C=O) groups excluding carboxylic acids is 1. The number of rotatable bonds is 8. The van der Waals surface area contributed by atoms with Gasteiger partial charge in [-0.3, -0.25) is 0 Å². The third-order valence-electron chi connectivity index (χ3n) is 14.5. The van der Waals surface area contributed by atoms with Crippen LogP contribution in [0.5, 0.6) is 0 Å². The number of cyclic esters (lactones) is 1. The Balaban J connectivity index is 1.01. The molecular weight excluding hydrogens is 656 g/mol. The Kier molecular flexibility index (Phi) is 10.0. The van der Waals surface area contributed by atoms with Gasteiger partial charge in [-0.1, -0.05) is 6.92 Å². The molecule has 50 heavy (non-hydrogen) atoms. The van der Waals surface area contributed by atoms with Gasteiger partial charge in [0, 0.05) is 36.9 Å². The maximum Gasteiger partial charge on any atom is 0.331 e. The van der Waals surface area contributed by atoms with Crippen molar-refractivity contribution in [2.24, 2.45) is 28.6 Å². The van der Waals surface area contributed by atoms with Crippen molar-refractivity contribution in [3.05, 3.63) is 11.6 Å². The van der Waals surface area contributed by atoms with Gasteiger partial charge >= 0.3 is 5.97 Å². The number of carbonyl (C=O) groups is 1. The third kappa shape index (κ3) is 5.63.